The summed E-state index contributed by atoms with van der Waals surface area (Å²) in [7, 11) is 5.05. The van der Waals surface area contributed by atoms with E-state index in [4.69, 9.17) is 26.9 Å². The van der Waals surface area contributed by atoms with Crippen LogP contribution in [0.1, 0.15) is 62.4 Å². The molecule has 3 heterocycles. The van der Waals surface area contributed by atoms with Crippen LogP contribution in [-0.2, 0) is 11.9 Å². The van der Waals surface area contributed by atoms with E-state index >= 15 is 0 Å². The Morgan fingerprint density at radius 3 is 2.44 bits per heavy atom. The number of hydrogen-bond acceptors (Lipinski definition) is 8. The van der Waals surface area contributed by atoms with Gasteiger partial charge in [-0.1, -0.05) is 16.8 Å². The van der Waals surface area contributed by atoms with Crippen LogP contribution in [0, 0.1) is 5.92 Å². The first-order chi connectivity index (χ1) is 18.4. The monoisotopic (exact) mass is 554 g/mol. The van der Waals surface area contributed by atoms with E-state index < -0.39 is 17.1 Å². The maximum absolute atomic E-state index is 13.1. The molecule has 10 nitrogen and oxygen atoms in total. The van der Waals surface area contributed by atoms with Crippen molar-refractivity contribution in [2.24, 2.45) is 23.9 Å². The van der Waals surface area contributed by atoms with Crippen LogP contribution < -0.4 is 20.9 Å². The van der Waals surface area contributed by atoms with Gasteiger partial charge in [0.2, 0.25) is 5.88 Å². The summed E-state index contributed by atoms with van der Waals surface area (Å²) < 4.78 is 6.60. The Bertz CT molecular complexity index is 1450. The predicted molar refractivity (Wildman–Crippen MR) is 153 cm³/mol. The summed E-state index contributed by atoms with van der Waals surface area (Å²) in [4.78, 5) is 42.3. The molecule has 0 atom stereocenters. The van der Waals surface area contributed by atoms with Crippen LogP contribution in [0.5, 0.6) is 5.88 Å². The minimum absolute atomic E-state index is 0.0363. The smallest absolute Gasteiger partial charge is 0.265 e. The number of carbonyl (C=O) groups excluding carboxylic acids is 1. The van der Waals surface area contributed by atoms with Gasteiger partial charge in [0, 0.05) is 43.9 Å². The van der Waals surface area contributed by atoms with E-state index in [0.29, 0.717) is 22.6 Å². The Hall–Kier alpha value is -3.66. The van der Waals surface area contributed by atoms with Gasteiger partial charge >= 0.3 is 0 Å². The van der Waals surface area contributed by atoms with E-state index in [0.717, 1.165) is 37.0 Å². The molecule has 3 aromatic heterocycles. The zero-order valence-corrected chi connectivity index (χ0v) is 24.0. The lowest BCUT2D eigenvalue weighted by Gasteiger charge is -2.37. The van der Waals surface area contributed by atoms with Gasteiger partial charge in [0.25, 0.3) is 11.5 Å². The van der Waals surface area contributed by atoms with Gasteiger partial charge in [-0.15, -0.1) is 0 Å². The van der Waals surface area contributed by atoms with Crippen LogP contribution in [-0.4, -0.2) is 52.0 Å². The van der Waals surface area contributed by atoms with Gasteiger partial charge in [-0.05, 0) is 64.7 Å². The molecule has 1 aliphatic carbocycles. The minimum atomic E-state index is -0.796. The molecule has 208 valence electrons. The number of oxime groups is 1. The standard InChI is InChI=1S/C28H35ClN6O4/c1-28(2,3)39-33-23(17-9-14-21(38-6)31-15-17)16-7-10-18(11-8-16)34(4)25-22(26(30)36)27(37)35(5)19-12-13-20(29)32-24(19)25/h9,12-16,18H,7-8,10-11H2,1-6H3,(H2,30,36)/b33-23-/t16-,18+. The molecule has 0 spiro atoms. The number of ether oxygens (including phenoxy) is 1. The summed E-state index contributed by atoms with van der Waals surface area (Å²) >= 11 is 6.23. The van der Waals surface area contributed by atoms with Crippen molar-refractivity contribution in [2.45, 2.75) is 58.1 Å². The quantitative estimate of drug-likeness (QED) is 0.262. The second kappa shape index (κ2) is 11.2. The Kier molecular flexibility index (Phi) is 8.15. The lowest BCUT2D eigenvalue weighted by molar-refractivity contribution is -0.0000375. The molecule has 3 aromatic rings. The second-order valence-corrected chi connectivity index (χ2v) is 11.2. The van der Waals surface area contributed by atoms with E-state index in [1.807, 2.05) is 44.9 Å². The largest absolute Gasteiger partial charge is 0.481 e. The number of rotatable bonds is 7. The number of primary amides is 1. The lowest BCUT2D eigenvalue weighted by Crippen LogP contribution is -2.40. The van der Waals surface area contributed by atoms with Crippen LogP contribution in [0.25, 0.3) is 11.0 Å². The van der Waals surface area contributed by atoms with Gasteiger partial charge in [-0.3, -0.25) is 9.59 Å². The third-order valence-electron chi connectivity index (χ3n) is 7.07. The summed E-state index contributed by atoms with van der Waals surface area (Å²) in [5, 5.41) is 4.84. The molecular weight excluding hydrogens is 520 g/mol. The second-order valence-electron chi connectivity index (χ2n) is 10.8. The van der Waals surface area contributed by atoms with Gasteiger partial charge in [0.1, 0.15) is 21.8 Å². The van der Waals surface area contributed by atoms with Gasteiger partial charge in [0.05, 0.1) is 24.0 Å². The fourth-order valence-electron chi connectivity index (χ4n) is 5.06. The number of aryl methyl sites for hydroxylation is 1. The first-order valence-electron chi connectivity index (χ1n) is 12.9. The fraction of sp³-hybridized carbons (Fsp3) is 0.464. The maximum Gasteiger partial charge on any atom is 0.265 e. The van der Waals surface area contributed by atoms with Crippen molar-refractivity contribution < 1.29 is 14.4 Å². The zero-order valence-electron chi connectivity index (χ0n) is 23.2. The minimum Gasteiger partial charge on any atom is -0.481 e. The van der Waals surface area contributed by atoms with E-state index in [1.54, 1.807) is 32.5 Å². The normalized spacial score (nSPS) is 18.2. The van der Waals surface area contributed by atoms with Crippen LogP contribution in [0.2, 0.25) is 5.15 Å². The van der Waals surface area contributed by atoms with Crippen molar-refractivity contribution in [2.75, 3.05) is 19.1 Å². The van der Waals surface area contributed by atoms with E-state index in [1.165, 1.54) is 4.57 Å². The number of fused-ring (bicyclic) bond motifs is 1. The molecule has 4 rings (SSSR count). The number of pyridine rings is 3. The number of nitrogens with two attached hydrogens (primary N) is 1. The van der Waals surface area contributed by atoms with Gasteiger partial charge in [-0.2, -0.15) is 0 Å². The topological polar surface area (TPSA) is 125 Å². The SMILES string of the molecule is COc1ccc(/C(=N\OC(C)(C)C)[C@H]2CC[C@@H](N(C)c3c(C(N)=O)c(=O)n(C)c4ccc(Cl)nc34)CC2)cn1. The molecule has 1 fully saturated rings. The molecule has 1 saturated carbocycles. The van der Waals surface area contributed by atoms with Gasteiger partial charge in [-0.25, -0.2) is 9.97 Å². The van der Waals surface area contributed by atoms with Crippen molar-refractivity contribution in [1.29, 1.82) is 0 Å². The molecule has 0 radical (unpaired) electrons. The third-order valence-corrected chi connectivity index (χ3v) is 7.28. The third kappa shape index (κ3) is 6.00. The average molecular weight is 555 g/mol. The Balaban J connectivity index is 1.65. The number of hydrogen-bond donors (Lipinski definition) is 1. The van der Waals surface area contributed by atoms with Crippen molar-refractivity contribution in [3.8, 4) is 5.88 Å². The Morgan fingerprint density at radius 1 is 1.18 bits per heavy atom. The molecule has 11 heteroatoms. The number of amides is 1. The first-order valence-corrected chi connectivity index (χ1v) is 13.3. The van der Waals surface area contributed by atoms with Crippen LogP contribution in [0.3, 0.4) is 0 Å². The molecule has 2 N–H and O–H groups in total. The highest BCUT2D eigenvalue weighted by atomic mass is 35.5. The van der Waals surface area contributed by atoms with Gasteiger partial charge < -0.3 is 24.8 Å². The van der Waals surface area contributed by atoms with E-state index in [9.17, 15) is 9.59 Å². The number of aromatic nitrogens is 3. The maximum atomic E-state index is 13.1. The molecule has 0 aliphatic heterocycles. The van der Waals surface area contributed by atoms with Crippen molar-refractivity contribution in [1.82, 2.24) is 14.5 Å². The molecule has 0 unspecified atom stereocenters. The number of methoxy groups -OCH3 is 1. The van der Waals surface area contributed by atoms with E-state index in [2.05, 4.69) is 15.1 Å². The van der Waals surface area contributed by atoms with Crippen LogP contribution in [0.15, 0.2) is 40.4 Å². The van der Waals surface area contributed by atoms with Crippen molar-refractivity contribution >= 4 is 39.9 Å². The van der Waals surface area contributed by atoms with Crippen LogP contribution in [0.4, 0.5) is 5.69 Å². The van der Waals surface area contributed by atoms with Crippen molar-refractivity contribution in [3.63, 3.8) is 0 Å². The summed E-state index contributed by atoms with van der Waals surface area (Å²) in [5.41, 5.74) is 7.89. The molecule has 0 bridgehead atoms. The first kappa shape index (κ1) is 28.4. The lowest BCUT2D eigenvalue weighted by atomic mass is 9.80. The zero-order chi connectivity index (χ0) is 28.5. The number of halogens is 1. The molecular formula is C28H35ClN6O4. The average Bonchev–Trinajstić information content (AvgIpc) is 2.90. The van der Waals surface area contributed by atoms with Crippen LogP contribution >= 0.6 is 11.6 Å². The fourth-order valence-corrected chi connectivity index (χ4v) is 5.20. The molecule has 1 amide bonds. The predicted octanol–water partition coefficient (Wildman–Crippen LogP) is 4.30. The van der Waals surface area contributed by atoms with Crippen molar-refractivity contribution in [3.05, 3.63) is 57.1 Å². The number of carbonyl (C=O) groups is 1. The summed E-state index contributed by atoms with van der Waals surface area (Å²) in [5.74, 6) is -0.133. The molecule has 0 aromatic carbocycles. The number of nitrogens with zero attached hydrogens (tertiary/aromatic N) is 5. The molecule has 39 heavy (non-hydrogen) atoms. The summed E-state index contributed by atoms with van der Waals surface area (Å²) in [6.07, 6.45) is 4.96. The Labute approximate surface area is 232 Å². The molecule has 1 aliphatic rings. The summed E-state index contributed by atoms with van der Waals surface area (Å²) in [6, 6.07) is 7.14. The number of anilines is 1. The highest BCUT2D eigenvalue weighted by Gasteiger charge is 2.32. The Morgan fingerprint density at radius 2 is 1.87 bits per heavy atom. The highest BCUT2D eigenvalue weighted by molar-refractivity contribution is 6.30. The van der Waals surface area contributed by atoms with Gasteiger partial charge in [0.15, 0.2) is 0 Å². The molecule has 0 saturated heterocycles. The van der Waals surface area contributed by atoms with E-state index in [-0.39, 0.29) is 22.7 Å². The highest BCUT2D eigenvalue weighted by Crippen LogP contribution is 2.36. The summed E-state index contributed by atoms with van der Waals surface area (Å²) in [6.45, 7) is 5.87.